The molecule has 0 bridgehead atoms. The largest absolute Gasteiger partial charge is 0.496 e. The lowest BCUT2D eigenvalue weighted by atomic mass is 10.00. The van der Waals surface area contributed by atoms with Crippen molar-refractivity contribution in [3.63, 3.8) is 0 Å². The highest BCUT2D eigenvalue weighted by atomic mass is 79.9. The van der Waals surface area contributed by atoms with Crippen molar-refractivity contribution in [2.75, 3.05) is 13.7 Å². The fourth-order valence-corrected chi connectivity index (χ4v) is 2.60. The molecule has 0 radical (unpaired) electrons. The predicted molar refractivity (Wildman–Crippen MR) is 82.8 cm³/mol. The minimum Gasteiger partial charge on any atom is -0.496 e. The molecule has 0 amide bonds. The Balaban J connectivity index is 2.26. The Hall–Kier alpha value is -1.46. The molecule has 2 aromatic rings. The monoisotopic (exact) mass is 335 g/mol. The third-order valence-electron chi connectivity index (χ3n) is 3.13. The van der Waals surface area contributed by atoms with E-state index in [1.165, 1.54) is 0 Å². The summed E-state index contributed by atoms with van der Waals surface area (Å²) in [6, 6.07) is 8.24. The number of halogens is 1. The normalized spacial score (nSPS) is 12.2. The summed E-state index contributed by atoms with van der Waals surface area (Å²) in [5.41, 5.74) is 2.29. The molecule has 4 nitrogen and oxygen atoms in total. The van der Waals surface area contributed by atoms with Gasteiger partial charge in [0.25, 0.3) is 0 Å². The molecule has 0 spiro atoms. The summed E-state index contributed by atoms with van der Waals surface area (Å²) in [4.78, 5) is 0. The van der Waals surface area contributed by atoms with Gasteiger partial charge in [0.15, 0.2) is 0 Å². The molecule has 2 rings (SSSR count). The number of hydrogen-bond donors (Lipinski definition) is 1. The van der Waals surface area contributed by atoms with Crippen molar-refractivity contribution < 1.29 is 4.74 Å². The number of rotatable bonds is 6. The molecule has 1 aromatic carbocycles. The summed E-state index contributed by atoms with van der Waals surface area (Å²) in [7, 11) is 1.70. The van der Waals surface area contributed by atoms with Crippen LogP contribution < -0.4 is 10.1 Å². The highest BCUT2D eigenvalue weighted by Crippen LogP contribution is 2.27. The van der Waals surface area contributed by atoms with Crippen LogP contribution >= 0.6 is 15.9 Å². The number of nitrogens with zero attached hydrogens (tertiary/aromatic N) is 2. The first-order chi connectivity index (χ1) is 9.74. The van der Waals surface area contributed by atoms with Gasteiger partial charge in [-0.3, -0.25) is 0 Å². The van der Waals surface area contributed by atoms with E-state index in [1.807, 2.05) is 18.2 Å². The molecule has 1 heterocycles. The van der Waals surface area contributed by atoms with Gasteiger partial charge in [-0.15, -0.1) is 0 Å². The zero-order chi connectivity index (χ0) is 14.4. The molecule has 1 unspecified atom stereocenters. The maximum atomic E-state index is 5.44. The van der Waals surface area contributed by atoms with Crippen molar-refractivity contribution in [2.24, 2.45) is 0 Å². The molecule has 0 fully saturated rings. The summed E-state index contributed by atoms with van der Waals surface area (Å²) in [6.07, 6.45) is 4.36. The average Bonchev–Trinajstić information content (AvgIpc) is 2.48. The molecule has 0 saturated carbocycles. The molecule has 5 heteroatoms. The van der Waals surface area contributed by atoms with E-state index in [2.05, 4.69) is 44.4 Å². The van der Waals surface area contributed by atoms with Gasteiger partial charge >= 0.3 is 0 Å². The molecule has 0 saturated heterocycles. The quantitative estimate of drug-likeness (QED) is 0.880. The van der Waals surface area contributed by atoms with Crippen LogP contribution in [-0.2, 0) is 6.42 Å². The summed E-state index contributed by atoms with van der Waals surface area (Å²) >= 11 is 3.51. The first kappa shape index (κ1) is 14.9. The molecule has 106 valence electrons. The molecule has 0 aliphatic heterocycles. The standard InChI is InChI=1S/C15H18BrN3O/c1-3-17-14(11-6-7-18-19-10-11)9-12-8-13(16)4-5-15(12)20-2/h4-8,10,14,17H,3,9H2,1-2H3. The van der Waals surface area contributed by atoms with Crippen LogP contribution in [0.3, 0.4) is 0 Å². The number of nitrogens with one attached hydrogen (secondary N) is 1. The van der Waals surface area contributed by atoms with Crippen molar-refractivity contribution >= 4 is 15.9 Å². The fourth-order valence-electron chi connectivity index (χ4n) is 2.19. The molecule has 1 aromatic heterocycles. The van der Waals surface area contributed by atoms with Gasteiger partial charge in [-0.2, -0.15) is 10.2 Å². The van der Waals surface area contributed by atoms with Gasteiger partial charge in [-0.05, 0) is 48.4 Å². The number of likely N-dealkylation sites (N-methyl/N-ethyl adjacent to an activating group) is 1. The molecule has 1 N–H and O–H groups in total. The maximum Gasteiger partial charge on any atom is 0.122 e. The Kier molecular flexibility index (Phi) is 5.49. The highest BCUT2D eigenvalue weighted by Gasteiger charge is 2.14. The summed E-state index contributed by atoms with van der Waals surface area (Å²) < 4.78 is 6.49. The van der Waals surface area contributed by atoms with Crippen LogP contribution in [0.5, 0.6) is 5.75 Å². The van der Waals surface area contributed by atoms with Crippen LogP contribution in [0.4, 0.5) is 0 Å². The molecule has 0 aliphatic rings. The van der Waals surface area contributed by atoms with Gasteiger partial charge in [0.1, 0.15) is 5.75 Å². The molecule has 0 aliphatic carbocycles. The highest BCUT2D eigenvalue weighted by molar-refractivity contribution is 9.10. The predicted octanol–water partition coefficient (Wildman–Crippen LogP) is 3.14. The van der Waals surface area contributed by atoms with Gasteiger partial charge < -0.3 is 10.1 Å². The Morgan fingerprint density at radius 1 is 1.30 bits per heavy atom. The van der Waals surface area contributed by atoms with Crippen molar-refractivity contribution in [3.05, 3.63) is 52.3 Å². The van der Waals surface area contributed by atoms with Gasteiger partial charge in [0, 0.05) is 16.7 Å². The van der Waals surface area contributed by atoms with Crippen molar-refractivity contribution in [1.82, 2.24) is 15.5 Å². The minimum atomic E-state index is 0.193. The van der Waals surface area contributed by atoms with E-state index in [-0.39, 0.29) is 6.04 Å². The SMILES string of the molecule is CCNC(Cc1cc(Br)ccc1OC)c1ccnnc1. The van der Waals surface area contributed by atoms with Crippen LogP contribution in [0.25, 0.3) is 0 Å². The minimum absolute atomic E-state index is 0.193. The number of aromatic nitrogens is 2. The number of methoxy groups -OCH3 is 1. The van der Waals surface area contributed by atoms with E-state index in [1.54, 1.807) is 19.5 Å². The first-order valence-corrected chi connectivity index (χ1v) is 7.36. The molecule has 20 heavy (non-hydrogen) atoms. The molecule has 1 atom stereocenters. The van der Waals surface area contributed by atoms with Crippen LogP contribution in [0, 0.1) is 0 Å². The van der Waals surface area contributed by atoms with E-state index >= 15 is 0 Å². The van der Waals surface area contributed by atoms with Crippen LogP contribution in [0.15, 0.2) is 41.1 Å². The van der Waals surface area contributed by atoms with Gasteiger partial charge in [-0.25, -0.2) is 0 Å². The van der Waals surface area contributed by atoms with E-state index in [0.29, 0.717) is 0 Å². The first-order valence-electron chi connectivity index (χ1n) is 6.57. The van der Waals surface area contributed by atoms with Crippen molar-refractivity contribution in [3.8, 4) is 5.75 Å². The Morgan fingerprint density at radius 3 is 2.80 bits per heavy atom. The van der Waals surface area contributed by atoms with E-state index in [0.717, 1.165) is 34.3 Å². The second-order valence-corrected chi connectivity index (χ2v) is 5.36. The van der Waals surface area contributed by atoms with E-state index in [9.17, 15) is 0 Å². The zero-order valence-corrected chi connectivity index (χ0v) is 13.2. The zero-order valence-electron chi connectivity index (χ0n) is 11.6. The van der Waals surface area contributed by atoms with Gasteiger partial charge in [-0.1, -0.05) is 22.9 Å². The van der Waals surface area contributed by atoms with E-state index < -0.39 is 0 Å². The van der Waals surface area contributed by atoms with Gasteiger partial charge in [0.05, 0.1) is 13.3 Å². The van der Waals surface area contributed by atoms with Crippen LogP contribution in [0.2, 0.25) is 0 Å². The second-order valence-electron chi connectivity index (χ2n) is 4.45. The molecular formula is C15H18BrN3O. The summed E-state index contributed by atoms with van der Waals surface area (Å²) in [5.74, 6) is 0.901. The van der Waals surface area contributed by atoms with E-state index in [4.69, 9.17) is 4.74 Å². The van der Waals surface area contributed by atoms with Crippen molar-refractivity contribution in [1.29, 1.82) is 0 Å². The number of benzene rings is 1. The number of hydrogen-bond acceptors (Lipinski definition) is 4. The second kappa shape index (κ2) is 7.36. The smallest absolute Gasteiger partial charge is 0.122 e. The maximum absolute atomic E-state index is 5.44. The Labute approximate surface area is 127 Å². The Morgan fingerprint density at radius 2 is 2.15 bits per heavy atom. The third-order valence-corrected chi connectivity index (χ3v) is 3.62. The topological polar surface area (TPSA) is 47.0 Å². The number of ether oxygens (including phenoxy) is 1. The van der Waals surface area contributed by atoms with Gasteiger partial charge in [0.2, 0.25) is 0 Å². The fraction of sp³-hybridized carbons (Fsp3) is 0.333. The molecular weight excluding hydrogens is 318 g/mol. The average molecular weight is 336 g/mol. The van der Waals surface area contributed by atoms with Crippen LogP contribution in [-0.4, -0.2) is 23.9 Å². The summed E-state index contributed by atoms with van der Waals surface area (Å²) in [5, 5.41) is 11.3. The lowest BCUT2D eigenvalue weighted by Gasteiger charge is -2.19. The lowest BCUT2D eigenvalue weighted by molar-refractivity contribution is 0.405. The summed E-state index contributed by atoms with van der Waals surface area (Å²) in [6.45, 7) is 2.99. The van der Waals surface area contributed by atoms with Crippen LogP contribution in [0.1, 0.15) is 24.1 Å². The van der Waals surface area contributed by atoms with Crippen molar-refractivity contribution in [2.45, 2.75) is 19.4 Å². The lowest BCUT2D eigenvalue weighted by Crippen LogP contribution is -2.23. The third kappa shape index (κ3) is 3.77. The Bertz CT molecular complexity index is 548.